The van der Waals surface area contributed by atoms with E-state index in [1.807, 2.05) is 41.5 Å². The Hall–Kier alpha value is -1.42. The van der Waals surface area contributed by atoms with E-state index in [9.17, 15) is 9.18 Å². The molecule has 3 nitrogen and oxygen atoms in total. The normalized spacial score (nSPS) is 13.0. The molecule has 0 radical (unpaired) electrons. The van der Waals surface area contributed by atoms with Gasteiger partial charge in [0.25, 0.3) is 5.56 Å². The molecule has 0 unspecified atom stereocenters. The quantitative estimate of drug-likeness (QED) is 0.729. The number of rotatable bonds is 0. The maximum Gasteiger partial charge on any atom is 0.264 e. The number of benzene rings is 1. The molecule has 0 aliphatic carbocycles. The molecule has 0 bridgehead atoms. The lowest BCUT2D eigenvalue weighted by molar-refractivity contribution is 0.337. The highest BCUT2D eigenvalue weighted by atomic mass is 35.5. The van der Waals surface area contributed by atoms with Crippen LogP contribution in [0.5, 0.6) is 0 Å². The lowest BCUT2D eigenvalue weighted by atomic mass is 9.93. The van der Waals surface area contributed by atoms with E-state index in [-0.39, 0.29) is 21.4 Å². The number of hydrogen-bond acceptors (Lipinski definition) is 2. The van der Waals surface area contributed by atoms with Gasteiger partial charge in [-0.25, -0.2) is 9.37 Å². The summed E-state index contributed by atoms with van der Waals surface area (Å²) in [6, 6.07) is 2.68. The summed E-state index contributed by atoms with van der Waals surface area (Å²) >= 11 is 5.88. The Balaban J connectivity index is 3.07. The summed E-state index contributed by atoms with van der Waals surface area (Å²) in [7, 11) is 0. The molecule has 0 amide bonds. The van der Waals surface area contributed by atoms with Gasteiger partial charge in [-0.2, -0.15) is 0 Å². The second kappa shape index (κ2) is 4.80. The first-order valence-electron chi connectivity index (χ1n) is 6.85. The molecule has 2 aromatic rings. The highest BCUT2D eigenvalue weighted by Crippen LogP contribution is 2.27. The Bertz CT molecular complexity index is 767. The molecule has 2 rings (SSSR count). The molecule has 0 atom stereocenters. The molecule has 0 fully saturated rings. The maximum absolute atomic E-state index is 14.2. The molecule has 1 heterocycles. The smallest absolute Gasteiger partial charge is 0.264 e. The summed E-state index contributed by atoms with van der Waals surface area (Å²) in [5.41, 5.74) is -0.908. The highest BCUT2D eigenvalue weighted by molar-refractivity contribution is 6.31. The molecule has 0 saturated heterocycles. The van der Waals surface area contributed by atoms with Crippen molar-refractivity contribution < 1.29 is 4.39 Å². The van der Waals surface area contributed by atoms with Crippen LogP contribution in [0.1, 0.15) is 47.4 Å². The molecule has 114 valence electrons. The zero-order chi connectivity index (χ0) is 16.2. The van der Waals surface area contributed by atoms with Crippen LogP contribution in [-0.2, 0) is 11.0 Å². The van der Waals surface area contributed by atoms with Crippen molar-refractivity contribution in [2.75, 3.05) is 0 Å². The van der Waals surface area contributed by atoms with Crippen LogP contribution in [0, 0.1) is 5.82 Å². The molecule has 1 aromatic carbocycles. The molecule has 0 aliphatic heterocycles. The fraction of sp³-hybridized carbons (Fsp3) is 0.500. The summed E-state index contributed by atoms with van der Waals surface area (Å²) < 4.78 is 15.7. The van der Waals surface area contributed by atoms with Gasteiger partial charge in [0, 0.05) is 16.0 Å². The number of fused-ring (bicyclic) bond motifs is 1. The topological polar surface area (TPSA) is 34.9 Å². The average molecular weight is 311 g/mol. The van der Waals surface area contributed by atoms with Crippen molar-refractivity contribution in [3.05, 3.63) is 39.2 Å². The third-order valence-electron chi connectivity index (χ3n) is 3.23. The third kappa shape index (κ3) is 2.82. The minimum absolute atomic E-state index is 0.0117. The number of hydrogen-bond donors (Lipinski definition) is 0. The van der Waals surface area contributed by atoms with Gasteiger partial charge in [0.1, 0.15) is 17.0 Å². The van der Waals surface area contributed by atoms with Crippen molar-refractivity contribution in [3.63, 3.8) is 0 Å². The van der Waals surface area contributed by atoms with Crippen LogP contribution >= 0.6 is 11.6 Å². The minimum Gasteiger partial charge on any atom is -0.290 e. The van der Waals surface area contributed by atoms with E-state index in [0.717, 1.165) is 6.07 Å². The molecule has 0 spiro atoms. The predicted octanol–water partition coefficient (Wildman–Crippen LogP) is 4.24. The first kappa shape index (κ1) is 16.0. The molecule has 0 N–H and O–H groups in total. The summed E-state index contributed by atoms with van der Waals surface area (Å²) in [6.45, 7) is 11.7. The van der Waals surface area contributed by atoms with Gasteiger partial charge in [0.05, 0.1) is 5.52 Å². The Morgan fingerprint density at radius 1 is 1.14 bits per heavy atom. The molecule has 0 aliphatic rings. The van der Waals surface area contributed by atoms with Gasteiger partial charge >= 0.3 is 0 Å². The second-order valence-electron chi connectivity index (χ2n) is 7.28. The number of halogens is 2. The first-order chi connectivity index (χ1) is 9.43. The number of nitrogens with zero attached hydrogens (tertiary/aromatic N) is 2. The van der Waals surface area contributed by atoms with Gasteiger partial charge in [-0.05, 0) is 32.9 Å². The van der Waals surface area contributed by atoms with Gasteiger partial charge in [0.2, 0.25) is 0 Å². The van der Waals surface area contributed by atoms with Crippen molar-refractivity contribution in [2.45, 2.75) is 52.5 Å². The van der Waals surface area contributed by atoms with Crippen molar-refractivity contribution in [1.82, 2.24) is 9.55 Å². The maximum atomic E-state index is 14.2. The van der Waals surface area contributed by atoms with Gasteiger partial charge in [-0.15, -0.1) is 0 Å². The Morgan fingerprint density at radius 3 is 2.19 bits per heavy atom. The molecule has 1 aromatic heterocycles. The molecular weight excluding hydrogens is 291 g/mol. The Kier molecular flexibility index (Phi) is 3.65. The molecule has 5 heteroatoms. The minimum atomic E-state index is -0.631. The van der Waals surface area contributed by atoms with Gasteiger partial charge in [-0.1, -0.05) is 32.4 Å². The average Bonchev–Trinajstić information content (AvgIpc) is 2.23. The van der Waals surface area contributed by atoms with Gasteiger partial charge < -0.3 is 0 Å². The standard InChI is InChI=1S/C16H20ClFN2O/c1-15(2,3)14-19-11-8-9(17)7-10(18)12(11)13(21)20(14)16(4,5)6/h7-8H,1-6H3. The van der Waals surface area contributed by atoms with E-state index in [0.29, 0.717) is 11.3 Å². The van der Waals surface area contributed by atoms with Crippen LogP contribution in [0.2, 0.25) is 5.02 Å². The van der Waals surface area contributed by atoms with Gasteiger partial charge in [0.15, 0.2) is 0 Å². The van der Waals surface area contributed by atoms with Crippen LogP contribution in [0.25, 0.3) is 10.9 Å². The lowest BCUT2D eigenvalue weighted by Gasteiger charge is -2.31. The number of aromatic nitrogens is 2. The van der Waals surface area contributed by atoms with E-state index >= 15 is 0 Å². The fourth-order valence-electron chi connectivity index (χ4n) is 2.36. The molecule has 0 saturated carbocycles. The van der Waals surface area contributed by atoms with Gasteiger partial charge in [-0.3, -0.25) is 9.36 Å². The third-order valence-corrected chi connectivity index (χ3v) is 3.45. The van der Waals surface area contributed by atoms with Crippen LogP contribution in [0.3, 0.4) is 0 Å². The van der Waals surface area contributed by atoms with Crippen molar-refractivity contribution in [3.8, 4) is 0 Å². The SMILES string of the molecule is CC(C)(C)c1nc2cc(Cl)cc(F)c2c(=O)n1C(C)(C)C. The second-order valence-corrected chi connectivity index (χ2v) is 7.71. The first-order valence-corrected chi connectivity index (χ1v) is 7.23. The van der Waals surface area contributed by atoms with Crippen LogP contribution < -0.4 is 5.56 Å². The van der Waals surface area contributed by atoms with Crippen molar-refractivity contribution >= 4 is 22.5 Å². The van der Waals surface area contributed by atoms with E-state index in [4.69, 9.17) is 11.6 Å². The zero-order valence-electron chi connectivity index (χ0n) is 13.2. The van der Waals surface area contributed by atoms with E-state index < -0.39 is 11.4 Å². The summed E-state index contributed by atoms with van der Waals surface area (Å²) in [6.07, 6.45) is 0. The van der Waals surface area contributed by atoms with Crippen LogP contribution in [0.4, 0.5) is 4.39 Å². The summed E-state index contributed by atoms with van der Waals surface area (Å²) in [4.78, 5) is 17.3. The van der Waals surface area contributed by atoms with E-state index in [2.05, 4.69) is 4.98 Å². The molecule has 21 heavy (non-hydrogen) atoms. The van der Waals surface area contributed by atoms with E-state index in [1.54, 1.807) is 4.57 Å². The van der Waals surface area contributed by atoms with Crippen LogP contribution in [0.15, 0.2) is 16.9 Å². The highest BCUT2D eigenvalue weighted by Gasteiger charge is 2.29. The predicted molar refractivity (Wildman–Crippen MR) is 84.7 cm³/mol. The monoisotopic (exact) mass is 310 g/mol. The Morgan fingerprint density at radius 2 is 1.71 bits per heavy atom. The molecular formula is C16H20ClFN2O. The summed E-state index contributed by atoms with van der Waals surface area (Å²) in [5.74, 6) is -0.0115. The van der Waals surface area contributed by atoms with Crippen molar-refractivity contribution in [1.29, 1.82) is 0 Å². The summed E-state index contributed by atoms with van der Waals surface area (Å²) in [5, 5.41) is 0.225. The fourth-order valence-corrected chi connectivity index (χ4v) is 2.56. The van der Waals surface area contributed by atoms with Crippen molar-refractivity contribution in [2.24, 2.45) is 0 Å². The zero-order valence-corrected chi connectivity index (χ0v) is 14.0. The van der Waals surface area contributed by atoms with Crippen LogP contribution in [-0.4, -0.2) is 9.55 Å². The lowest BCUT2D eigenvalue weighted by Crippen LogP contribution is -2.41. The Labute approximate surface area is 128 Å². The van der Waals surface area contributed by atoms with E-state index in [1.165, 1.54) is 6.07 Å². The largest absolute Gasteiger partial charge is 0.290 e.